The fraction of sp³-hybridized carbons (Fsp3) is 0.0556. The van der Waals surface area contributed by atoms with Gasteiger partial charge in [-0.15, -0.1) is 10.2 Å². The molecule has 8 heteroatoms. The fourth-order valence-corrected chi connectivity index (χ4v) is 2.36. The van der Waals surface area contributed by atoms with Gasteiger partial charge in [0, 0.05) is 5.56 Å². The summed E-state index contributed by atoms with van der Waals surface area (Å²) >= 11 is 5.87. The van der Waals surface area contributed by atoms with E-state index >= 15 is 0 Å². The molecule has 0 saturated carbocycles. The normalized spacial score (nSPS) is 11.2. The largest absolute Gasteiger partial charge is 0.416 e. The van der Waals surface area contributed by atoms with Crippen molar-refractivity contribution < 1.29 is 18.0 Å². The second-order valence-corrected chi connectivity index (χ2v) is 5.72. The molecule has 2 aromatic carbocycles. The molecule has 1 amide bonds. The average Bonchev–Trinajstić information content (AvgIpc) is 2.63. The maximum atomic E-state index is 12.8. The Balaban J connectivity index is 1.80. The van der Waals surface area contributed by atoms with Crippen LogP contribution in [0.1, 0.15) is 16.1 Å². The molecule has 26 heavy (non-hydrogen) atoms. The van der Waals surface area contributed by atoms with Crippen LogP contribution in [-0.4, -0.2) is 16.1 Å². The molecule has 1 aromatic heterocycles. The van der Waals surface area contributed by atoms with Crippen LogP contribution in [0.15, 0.2) is 60.7 Å². The summed E-state index contributed by atoms with van der Waals surface area (Å²) in [5, 5.41) is 10.1. The number of benzene rings is 2. The predicted octanol–water partition coefficient (Wildman–Crippen LogP) is 5.07. The molecule has 4 nitrogen and oxygen atoms in total. The van der Waals surface area contributed by atoms with Gasteiger partial charge in [0.25, 0.3) is 5.91 Å². The first-order chi connectivity index (χ1) is 12.3. The highest BCUT2D eigenvalue weighted by Gasteiger charge is 2.31. The maximum Gasteiger partial charge on any atom is 0.416 e. The van der Waals surface area contributed by atoms with Crippen molar-refractivity contribution in [1.29, 1.82) is 0 Å². The third-order valence-corrected chi connectivity index (χ3v) is 3.84. The van der Waals surface area contributed by atoms with Gasteiger partial charge in [-0.1, -0.05) is 41.9 Å². The molecule has 0 fully saturated rings. The number of hydrogen-bond donors (Lipinski definition) is 1. The van der Waals surface area contributed by atoms with E-state index in [0.717, 1.165) is 23.8 Å². The molecule has 3 aromatic rings. The van der Waals surface area contributed by atoms with Gasteiger partial charge in [-0.25, -0.2) is 0 Å². The Kier molecular flexibility index (Phi) is 4.90. The summed E-state index contributed by atoms with van der Waals surface area (Å²) in [6.07, 6.45) is -4.54. The lowest BCUT2D eigenvalue weighted by Gasteiger charge is -2.11. The number of carbonyl (C=O) groups excluding carboxylic acids is 1. The van der Waals surface area contributed by atoms with E-state index in [9.17, 15) is 18.0 Å². The van der Waals surface area contributed by atoms with Gasteiger partial charge in [-0.3, -0.25) is 4.79 Å². The van der Waals surface area contributed by atoms with Gasteiger partial charge in [0.15, 0.2) is 5.69 Å². The van der Waals surface area contributed by atoms with Crippen LogP contribution < -0.4 is 5.32 Å². The number of carbonyl (C=O) groups is 1. The zero-order chi connectivity index (χ0) is 18.7. The number of nitrogens with zero attached hydrogens (tertiary/aromatic N) is 2. The molecule has 0 aliphatic heterocycles. The molecule has 0 aliphatic rings. The number of amides is 1. The van der Waals surface area contributed by atoms with E-state index in [1.807, 2.05) is 30.3 Å². The number of halogens is 4. The molecule has 0 radical (unpaired) electrons. The summed E-state index contributed by atoms with van der Waals surface area (Å²) in [7, 11) is 0. The summed E-state index contributed by atoms with van der Waals surface area (Å²) in [5.41, 5.74) is 0.286. The maximum absolute atomic E-state index is 12.8. The van der Waals surface area contributed by atoms with Gasteiger partial charge in [0.2, 0.25) is 0 Å². The van der Waals surface area contributed by atoms with Gasteiger partial charge in [0.1, 0.15) is 0 Å². The number of nitrogens with one attached hydrogen (secondary N) is 1. The summed E-state index contributed by atoms with van der Waals surface area (Å²) in [6.45, 7) is 0. The Morgan fingerprint density at radius 2 is 1.69 bits per heavy atom. The van der Waals surface area contributed by atoms with Crippen LogP contribution in [0, 0.1) is 0 Å². The lowest BCUT2D eigenvalue weighted by atomic mass is 10.1. The average molecular weight is 378 g/mol. The molecular weight excluding hydrogens is 367 g/mol. The first-order valence-electron chi connectivity index (χ1n) is 7.42. The van der Waals surface area contributed by atoms with Crippen LogP contribution in [-0.2, 0) is 6.18 Å². The molecule has 1 heterocycles. The van der Waals surface area contributed by atoms with Gasteiger partial charge in [-0.2, -0.15) is 13.2 Å². The topological polar surface area (TPSA) is 54.9 Å². The molecular formula is C18H11ClF3N3O. The van der Waals surface area contributed by atoms with Crippen LogP contribution in [0.25, 0.3) is 11.3 Å². The molecule has 1 N–H and O–H groups in total. The minimum Gasteiger partial charge on any atom is -0.319 e. The Hall–Kier alpha value is -2.93. The van der Waals surface area contributed by atoms with Crippen LogP contribution in [0.2, 0.25) is 5.02 Å². The van der Waals surface area contributed by atoms with Gasteiger partial charge in [-0.05, 0) is 30.3 Å². The zero-order valence-electron chi connectivity index (χ0n) is 13.1. The Labute approximate surface area is 151 Å². The molecule has 3 rings (SSSR count). The summed E-state index contributed by atoms with van der Waals surface area (Å²) in [4.78, 5) is 12.2. The molecule has 0 unspecified atom stereocenters. The highest BCUT2D eigenvalue weighted by molar-refractivity contribution is 6.33. The number of aromatic nitrogens is 2. The standard InChI is InChI=1S/C18H11ClF3N3O/c19-13-7-6-12(18(20,21)22)10-16(13)23-17(26)15-9-8-14(24-25-15)11-4-2-1-3-5-11/h1-10H,(H,23,26). The van der Waals surface area contributed by atoms with Crippen LogP contribution in [0.5, 0.6) is 0 Å². The fourth-order valence-electron chi connectivity index (χ4n) is 2.20. The van der Waals surface area contributed by atoms with E-state index in [2.05, 4.69) is 15.5 Å². The molecule has 0 aliphatic carbocycles. The molecule has 0 atom stereocenters. The first kappa shape index (κ1) is 17.9. The SMILES string of the molecule is O=C(Nc1cc(C(F)(F)F)ccc1Cl)c1ccc(-c2ccccc2)nn1. The van der Waals surface area contributed by atoms with E-state index in [-0.39, 0.29) is 16.4 Å². The summed E-state index contributed by atoms with van der Waals surface area (Å²) in [5.74, 6) is -0.710. The molecule has 0 bridgehead atoms. The predicted molar refractivity (Wildman–Crippen MR) is 91.9 cm³/mol. The van der Waals surface area contributed by atoms with E-state index < -0.39 is 17.6 Å². The van der Waals surface area contributed by atoms with Crippen molar-refractivity contribution in [2.24, 2.45) is 0 Å². The minimum absolute atomic E-state index is 0.0137. The highest BCUT2D eigenvalue weighted by Crippen LogP contribution is 2.33. The first-order valence-corrected chi connectivity index (χ1v) is 7.79. The van der Waals surface area contributed by atoms with Crippen molar-refractivity contribution in [2.45, 2.75) is 6.18 Å². The van der Waals surface area contributed by atoms with E-state index in [1.54, 1.807) is 6.07 Å². The lowest BCUT2D eigenvalue weighted by molar-refractivity contribution is -0.137. The quantitative estimate of drug-likeness (QED) is 0.693. The third kappa shape index (κ3) is 4.00. The zero-order valence-corrected chi connectivity index (χ0v) is 13.8. The van der Waals surface area contributed by atoms with Crippen molar-refractivity contribution in [3.63, 3.8) is 0 Å². The Morgan fingerprint density at radius 1 is 0.962 bits per heavy atom. The Bertz CT molecular complexity index is 929. The van der Waals surface area contributed by atoms with Gasteiger partial charge < -0.3 is 5.32 Å². The highest BCUT2D eigenvalue weighted by atomic mass is 35.5. The van der Waals surface area contributed by atoms with Crippen molar-refractivity contribution in [2.75, 3.05) is 5.32 Å². The van der Waals surface area contributed by atoms with Crippen molar-refractivity contribution in [1.82, 2.24) is 10.2 Å². The van der Waals surface area contributed by atoms with E-state index in [4.69, 9.17) is 11.6 Å². The minimum atomic E-state index is -4.54. The second kappa shape index (κ2) is 7.13. The van der Waals surface area contributed by atoms with Crippen LogP contribution in [0.3, 0.4) is 0 Å². The van der Waals surface area contributed by atoms with E-state index in [0.29, 0.717) is 5.69 Å². The summed E-state index contributed by atoms with van der Waals surface area (Å²) in [6, 6.07) is 14.9. The van der Waals surface area contributed by atoms with Crippen LogP contribution >= 0.6 is 11.6 Å². The van der Waals surface area contributed by atoms with Gasteiger partial charge in [0.05, 0.1) is 22.0 Å². The third-order valence-electron chi connectivity index (χ3n) is 3.51. The Morgan fingerprint density at radius 3 is 2.31 bits per heavy atom. The number of anilines is 1. The number of alkyl halides is 3. The molecule has 132 valence electrons. The lowest BCUT2D eigenvalue weighted by Crippen LogP contribution is -2.15. The van der Waals surface area contributed by atoms with Gasteiger partial charge >= 0.3 is 6.18 Å². The summed E-state index contributed by atoms with van der Waals surface area (Å²) < 4.78 is 38.4. The van der Waals surface area contributed by atoms with Crippen molar-refractivity contribution >= 4 is 23.2 Å². The molecule has 0 spiro atoms. The molecule has 0 saturated heterocycles. The smallest absolute Gasteiger partial charge is 0.319 e. The monoisotopic (exact) mass is 377 g/mol. The van der Waals surface area contributed by atoms with Crippen LogP contribution in [0.4, 0.5) is 18.9 Å². The second-order valence-electron chi connectivity index (χ2n) is 5.32. The van der Waals surface area contributed by atoms with Crippen molar-refractivity contribution in [3.05, 3.63) is 76.9 Å². The van der Waals surface area contributed by atoms with E-state index in [1.165, 1.54) is 6.07 Å². The van der Waals surface area contributed by atoms with Crippen molar-refractivity contribution in [3.8, 4) is 11.3 Å². The number of rotatable bonds is 3. The number of hydrogen-bond acceptors (Lipinski definition) is 3.